The summed E-state index contributed by atoms with van der Waals surface area (Å²) in [7, 11) is 1.77. The van der Waals surface area contributed by atoms with Gasteiger partial charge in [-0.1, -0.05) is 0 Å². The summed E-state index contributed by atoms with van der Waals surface area (Å²) in [6.45, 7) is 1.79. The molecule has 7 nitrogen and oxygen atoms in total. The van der Waals surface area contributed by atoms with E-state index in [4.69, 9.17) is 4.42 Å². The third-order valence-electron chi connectivity index (χ3n) is 5.37. The van der Waals surface area contributed by atoms with Gasteiger partial charge in [0.1, 0.15) is 11.6 Å². The zero-order valence-corrected chi connectivity index (χ0v) is 16.7. The molecule has 0 aliphatic carbocycles. The Morgan fingerprint density at radius 2 is 1.90 bits per heavy atom. The van der Waals surface area contributed by atoms with Gasteiger partial charge in [0, 0.05) is 38.4 Å². The maximum absolute atomic E-state index is 13.1. The second-order valence-corrected chi connectivity index (χ2v) is 7.52. The Bertz CT molecular complexity index is 1030. The van der Waals surface area contributed by atoms with Gasteiger partial charge < -0.3 is 14.6 Å². The lowest BCUT2D eigenvalue weighted by atomic mass is 9.96. The quantitative estimate of drug-likeness (QED) is 0.701. The molecule has 8 heteroatoms. The second kappa shape index (κ2) is 8.52. The highest BCUT2D eigenvalue weighted by molar-refractivity contribution is 5.93. The molecule has 1 aromatic carbocycles. The number of carbonyl (C=O) groups excluding carboxylic acids is 2. The first-order valence-corrected chi connectivity index (χ1v) is 9.91. The molecule has 0 saturated carbocycles. The van der Waals surface area contributed by atoms with Crippen LogP contribution in [0.15, 0.2) is 53.2 Å². The molecule has 0 atom stereocenters. The number of rotatable bonds is 5. The average molecular weight is 410 g/mol. The third kappa shape index (κ3) is 4.42. The number of nitrogens with zero attached hydrogens (tertiary/aromatic N) is 3. The summed E-state index contributed by atoms with van der Waals surface area (Å²) < 4.78 is 20.4. The van der Waals surface area contributed by atoms with Gasteiger partial charge in [0.2, 0.25) is 0 Å². The summed E-state index contributed by atoms with van der Waals surface area (Å²) in [5.41, 5.74) is 1.26. The fourth-order valence-electron chi connectivity index (χ4n) is 3.60. The Morgan fingerprint density at radius 3 is 2.57 bits per heavy atom. The van der Waals surface area contributed by atoms with Gasteiger partial charge in [0.25, 0.3) is 11.8 Å². The topological polar surface area (TPSA) is 80.4 Å². The van der Waals surface area contributed by atoms with Crippen LogP contribution in [-0.4, -0.2) is 46.1 Å². The first kappa shape index (κ1) is 19.9. The summed E-state index contributed by atoms with van der Waals surface area (Å²) in [6.07, 6.45) is 4.84. The van der Waals surface area contributed by atoms with Crippen molar-refractivity contribution in [1.29, 1.82) is 0 Å². The minimum absolute atomic E-state index is 0.134. The summed E-state index contributed by atoms with van der Waals surface area (Å²) >= 11 is 0. The number of furan rings is 1. The summed E-state index contributed by atoms with van der Waals surface area (Å²) in [4.78, 5) is 26.7. The minimum atomic E-state index is -0.318. The van der Waals surface area contributed by atoms with Crippen LogP contribution >= 0.6 is 0 Å². The molecule has 3 aromatic rings. The molecule has 2 amide bonds. The lowest BCUT2D eigenvalue weighted by molar-refractivity contribution is 0.0654. The van der Waals surface area contributed by atoms with Gasteiger partial charge in [0.15, 0.2) is 5.76 Å². The number of benzene rings is 1. The van der Waals surface area contributed by atoms with E-state index in [0.717, 1.165) is 18.4 Å². The van der Waals surface area contributed by atoms with Crippen molar-refractivity contribution in [3.63, 3.8) is 0 Å². The first-order valence-electron chi connectivity index (χ1n) is 9.91. The van der Waals surface area contributed by atoms with E-state index in [-0.39, 0.29) is 23.4 Å². The Kier molecular flexibility index (Phi) is 5.65. The molecule has 0 radical (unpaired) electrons. The Morgan fingerprint density at radius 1 is 1.17 bits per heavy atom. The lowest BCUT2D eigenvalue weighted by Crippen LogP contribution is -2.41. The van der Waals surface area contributed by atoms with E-state index >= 15 is 0 Å². The molecular weight excluding hydrogens is 387 g/mol. The third-order valence-corrected chi connectivity index (χ3v) is 5.37. The molecule has 3 heterocycles. The second-order valence-electron chi connectivity index (χ2n) is 7.52. The fraction of sp³-hybridized carbons (Fsp3) is 0.318. The molecule has 1 fully saturated rings. The summed E-state index contributed by atoms with van der Waals surface area (Å²) in [6, 6.07) is 9.33. The SMILES string of the molecule is Cn1cc(C(=O)NCC2CCN(C(=O)c3ccc(-c4ccc(F)cc4)o3)CC2)cn1. The highest BCUT2D eigenvalue weighted by Crippen LogP contribution is 2.25. The van der Waals surface area contributed by atoms with Crippen LogP contribution in [0.4, 0.5) is 4.39 Å². The van der Waals surface area contributed by atoms with Crippen LogP contribution in [0.3, 0.4) is 0 Å². The van der Waals surface area contributed by atoms with E-state index in [1.165, 1.54) is 12.1 Å². The number of hydrogen-bond acceptors (Lipinski definition) is 4. The van der Waals surface area contributed by atoms with E-state index < -0.39 is 0 Å². The van der Waals surface area contributed by atoms with E-state index in [9.17, 15) is 14.0 Å². The molecule has 0 bridgehead atoms. The van der Waals surface area contributed by atoms with Crippen LogP contribution in [0, 0.1) is 11.7 Å². The van der Waals surface area contributed by atoms with Crippen molar-refractivity contribution < 1.29 is 18.4 Å². The Balaban J connectivity index is 1.28. The first-order chi connectivity index (χ1) is 14.5. The van der Waals surface area contributed by atoms with E-state index in [2.05, 4.69) is 10.4 Å². The van der Waals surface area contributed by atoms with Crippen molar-refractivity contribution in [2.75, 3.05) is 19.6 Å². The number of piperidine rings is 1. The van der Waals surface area contributed by atoms with Crippen molar-refractivity contribution in [1.82, 2.24) is 20.0 Å². The predicted octanol–water partition coefficient (Wildman–Crippen LogP) is 3.10. The normalized spacial score (nSPS) is 14.7. The molecule has 1 aliphatic rings. The van der Waals surface area contributed by atoms with Gasteiger partial charge in [0.05, 0.1) is 11.8 Å². The van der Waals surface area contributed by atoms with E-state index in [1.807, 2.05) is 0 Å². The maximum atomic E-state index is 13.1. The molecular formula is C22H23FN4O3. The van der Waals surface area contributed by atoms with Crippen molar-refractivity contribution in [2.45, 2.75) is 12.8 Å². The van der Waals surface area contributed by atoms with Crippen molar-refractivity contribution >= 4 is 11.8 Å². The standard InChI is InChI=1S/C22H23FN4O3/c1-26-14-17(13-25-26)21(28)24-12-15-8-10-27(11-9-15)22(29)20-7-6-19(30-20)16-2-4-18(23)5-3-16/h2-7,13-15H,8-12H2,1H3,(H,24,28). The highest BCUT2D eigenvalue weighted by atomic mass is 19.1. The number of halogens is 1. The van der Waals surface area contributed by atoms with E-state index in [1.54, 1.807) is 53.3 Å². The van der Waals surface area contributed by atoms with Crippen molar-refractivity contribution in [3.05, 3.63) is 65.9 Å². The smallest absolute Gasteiger partial charge is 0.289 e. The zero-order chi connectivity index (χ0) is 21.1. The maximum Gasteiger partial charge on any atom is 0.289 e. The van der Waals surface area contributed by atoms with Crippen LogP contribution in [0.2, 0.25) is 0 Å². The van der Waals surface area contributed by atoms with E-state index in [0.29, 0.717) is 36.9 Å². The zero-order valence-electron chi connectivity index (χ0n) is 16.7. The monoisotopic (exact) mass is 410 g/mol. The number of amides is 2. The lowest BCUT2D eigenvalue weighted by Gasteiger charge is -2.31. The van der Waals surface area contributed by atoms with Gasteiger partial charge in [-0.2, -0.15) is 5.10 Å². The van der Waals surface area contributed by atoms with Crippen molar-refractivity contribution in [3.8, 4) is 11.3 Å². The van der Waals surface area contributed by atoms with Crippen LogP contribution in [-0.2, 0) is 7.05 Å². The molecule has 2 aromatic heterocycles. The number of aryl methyl sites for hydroxylation is 1. The molecule has 4 rings (SSSR count). The predicted molar refractivity (Wildman–Crippen MR) is 108 cm³/mol. The van der Waals surface area contributed by atoms with Crippen LogP contribution in [0.25, 0.3) is 11.3 Å². The van der Waals surface area contributed by atoms with Gasteiger partial charge in [-0.25, -0.2) is 4.39 Å². The van der Waals surface area contributed by atoms with Crippen LogP contribution in [0.1, 0.15) is 33.8 Å². The molecule has 0 unspecified atom stereocenters. The van der Waals surface area contributed by atoms with Gasteiger partial charge in [-0.05, 0) is 55.2 Å². The molecule has 30 heavy (non-hydrogen) atoms. The van der Waals surface area contributed by atoms with Gasteiger partial charge in [-0.15, -0.1) is 0 Å². The number of hydrogen-bond donors (Lipinski definition) is 1. The van der Waals surface area contributed by atoms with Gasteiger partial charge >= 0.3 is 0 Å². The minimum Gasteiger partial charge on any atom is -0.451 e. The average Bonchev–Trinajstić information content (AvgIpc) is 3.42. The Hall–Kier alpha value is -3.42. The largest absolute Gasteiger partial charge is 0.451 e. The van der Waals surface area contributed by atoms with Crippen LogP contribution in [0.5, 0.6) is 0 Å². The summed E-state index contributed by atoms with van der Waals surface area (Å²) in [5, 5.41) is 6.94. The number of likely N-dealkylation sites (tertiary alicyclic amines) is 1. The fourth-order valence-corrected chi connectivity index (χ4v) is 3.60. The molecule has 0 spiro atoms. The van der Waals surface area contributed by atoms with Crippen molar-refractivity contribution in [2.24, 2.45) is 13.0 Å². The van der Waals surface area contributed by atoms with Gasteiger partial charge in [-0.3, -0.25) is 14.3 Å². The molecule has 156 valence electrons. The highest BCUT2D eigenvalue weighted by Gasteiger charge is 2.26. The summed E-state index contributed by atoms with van der Waals surface area (Å²) in [5.74, 6) is 0.526. The number of carbonyl (C=O) groups is 2. The molecule has 1 saturated heterocycles. The molecule has 1 aliphatic heterocycles. The molecule has 1 N–H and O–H groups in total. The number of nitrogens with one attached hydrogen (secondary N) is 1. The Labute approximate surface area is 173 Å². The number of aromatic nitrogens is 2. The van der Waals surface area contributed by atoms with Crippen LogP contribution < -0.4 is 5.32 Å².